The van der Waals surface area contributed by atoms with E-state index in [1.807, 2.05) is 18.2 Å². The molecule has 0 radical (unpaired) electrons. The van der Waals surface area contributed by atoms with Crippen LogP contribution in [0.4, 0.5) is 9.93 Å². The third-order valence-corrected chi connectivity index (χ3v) is 4.97. The lowest BCUT2D eigenvalue weighted by Gasteiger charge is -2.22. The van der Waals surface area contributed by atoms with Gasteiger partial charge in [-0.1, -0.05) is 11.3 Å². The molecule has 1 saturated heterocycles. The lowest BCUT2D eigenvalue weighted by molar-refractivity contribution is 0.166. The molecule has 0 saturated carbocycles. The van der Waals surface area contributed by atoms with Crippen LogP contribution in [0.2, 0.25) is 0 Å². The molecule has 2 unspecified atom stereocenters. The number of urea groups is 1. The number of aliphatic hydroxyl groups is 2. The number of benzene rings is 1. The molecule has 2 heterocycles. The number of amides is 2. The van der Waals surface area contributed by atoms with E-state index in [4.69, 9.17) is 4.74 Å². The van der Waals surface area contributed by atoms with Crippen molar-refractivity contribution in [3.63, 3.8) is 0 Å². The average molecular weight is 337 g/mol. The number of fused-ring (bicyclic) bond motifs is 1. The number of likely N-dealkylation sites (tertiary alicyclic amines) is 1. The van der Waals surface area contributed by atoms with Gasteiger partial charge in [-0.05, 0) is 24.6 Å². The van der Waals surface area contributed by atoms with Crippen molar-refractivity contribution >= 4 is 32.7 Å². The first-order valence-corrected chi connectivity index (χ1v) is 8.20. The maximum Gasteiger partial charge on any atom is 0.323 e. The van der Waals surface area contributed by atoms with Crippen LogP contribution >= 0.6 is 11.3 Å². The average Bonchev–Trinajstić information content (AvgIpc) is 3.16. The summed E-state index contributed by atoms with van der Waals surface area (Å²) >= 11 is 1.37. The number of anilines is 1. The Morgan fingerprint density at radius 3 is 3.00 bits per heavy atom. The van der Waals surface area contributed by atoms with Crippen molar-refractivity contribution in [2.45, 2.75) is 12.5 Å². The predicted molar refractivity (Wildman–Crippen MR) is 88.0 cm³/mol. The molecule has 2 aromatic rings. The van der Waals surface area contributed by atoms with Gasteiger partial charge >= 0.3 is 6.03 Å². The Labute approximate surface area is 137 Å². The number of carbonyl (C=O) groups excluding carboxylic acids is 1. The highest BCUT2D eigenvalue weighted by molar-refractivity contribution is 7.22. The summed E-state index contributed by atoms with van der Waals surface area (Å²) < 4.78 is 6.10. The first kappa shape index (κ1) is 16.0. The Kier molecular flexibility index (Phi) is 4.65. The molecule has 0 bridgehead atoms. The number of methoxy groups -OCH3 is 1. The van der Waals surface area contributed by atoms with Crippen LogP contribution in [0.25, 0.3) is 10.2 Å². The Balaban J connectivity index is 1.74. The molecule has 2 amide bonds. The maximum absolute atomic E-state index is 12.4. The lowest BCUT2D eigenvalue weighted by atomic mass is 10.1. The van der Waals surface area contributed by atoms with Gasteiger partial charge in [0, 0.05) is 19.1 Å². The molecular weight excluding hydrogens is 318 g/mol. The van der Waals surface area contributed by atoms with Crippen LogP contribution < -0.4 is 10.1 Å². The molecular formula is C15H19N3O4S. The van der Waals surface area contributed by atoms with E-state index in [1.165, 1.54) is 11.3 Å². The number of hydrogen-bond acceptors (Lipinski definition) is 6. The summed E-state index contributed by atoms with van der Waals surface area (Å²) in [5, 5.41) is 21.9. The molecule has 0 spiro atoms. The van der Waals surface area contributed by atoms with Gasteiger partial charge < -0.3 is 19.8 Å². The molecule has 3 rings (SSSR count). The Hall–Kier alpha value is -1.90. The van der Waals surface area contributed by atoms with Crippen LogP contribution in [-0.2, 0) is 0 Å². The number of rotatable bonds is 4. The summed E-state index contributed by atoms with van der Waals surface area (Å²) in [4.78, 5) is 18.4. The van der Waals surface area contributed by atoms with E-state index < -0.39 is 0 Å². The highest BCUT2D eigenvalue weighted by atomic mass is 32.1. The molecule has 8 heteroatoms. The van der Waals surface area contributed by atoms with Gasteiger partial charge in [0.15, 0.2) is 5.13 Å². The van der Waals surface area contributed by atoms with Crippen LogP contribution in [0.5, 0.6) is 5.75 Å². The minimum absolute atomic E-state index is 0.0116. The van der Waals surface area contributed by atoms with Gasteiger partial charge in [-0.15, -0.1) is 0 Å². The van der Waals surface area contributed by atoms with Crippen molar-refractivity contribution in [1.29, 1.82) is 0 Å². The normalized spacial score (nSPS) is 20.9. The molecule has 0 aliphatic carbocycles. The van der Waals surface area contributed by atoms with Crippen molar-refractivity contribution in [3.8, 4) is 5.75 Å². The van der Waals surface area contributed by atoms with Crippen molar-refractivity contribution in [1.82, 2.24) is 9.88 Å². The fraction of sp³-hybridized carbons (Fsp3) is 0.467. The smallest absolute Gasteiger partial charge is 0.323 e. The van der Waals surface area contributed by atoms with Gasteiger partial charge in [-0.3, -0.25) is 5.32 Å². The predicted octanol–water partition coefficient (Wildman–Crippen LogP) is 1.51. The highest BCUT2D eigenvalue weighted by Gasteiger charge is 2.34. The van der Waals surface area contributed by atoms with Gasteiger partial charge in [-0.2, -0.15) is 0 Å². The number of carbonyl (C=O) groups is 1. The van der Waals surface area contributed by atoms with E-state index >= 15 is 0 Å². The van der Waals surface area contributed by atoms with Crippen LogP contribution in [0.15, 0.2) is 18.2 Å². The molecule has 1 aromatic heterocycles. The highest BCUT2D eigenvalue weighted by Crippen LogP contribution is 2.30. The minimum atomic E-state index is -0.300. The summed E-state index contributed by atoms with van der Waals surface area (Å²) in [5.74, 6) is 0.752. The number of aromatic nitrogens is 1. The third kappa shape index (κ3) is 3.24. The molecule has 7 nitrogen and oxygen atoms in total. The van der Waals surface area contributed by atoms with Crippen molar-refractivity contribution in [2.75, 3.05) is 32.2 Å². The van der Waals surface area contributed by atoms with Gasteiger partial charge in [0.2, 0.25) is 0 Å². The largest absolute Gasteiger partial charge is 0.497 e. The SMILES string of the molecule is COc1ccc2nc(NC(=O)N3CC(CO)CC3CO)sc2c1. The van der Waals surface area contributed by atoms with E-state index in [1.54, 1.807) is 12.0 Å². The summed E-state index contributed by atoms with van der Waals surface area (Å²) in [6.45, 7) is 0.342. The second kappa shape index (κ2) is 6.69. The third-order valence-electron chi connectivity index (χ3n) is 4.04. The van der Waals surface area contributed by atoms with E-state index in [-0.39, 0.29) is 31.2 Å². The summed E-state index contributed by atoms with van der Waals surface area (Å²) in [6.07, 6.45) is 0.609. The number of nitrogens with one attached hydrogen (secondary N) is 1. The Bertz CT molecular complexity index is 705. The van der Waals surface area contributed by atoms with E-state index in [9.17, 15) is 15.0 Å². The number of nitrogens with zero attached hydrogens (tertiary/aromatic N) is 2. The second-order valence-corrected chi connectivity index (χ2v) is 6.59. The zero-order valence-electron chi connectivity index (χ0n) is 12.7. The van der Waals surface area contributed by atoms with Gasteiger partial charge in [0.25, 0.3) is 0 Å². The van der Waals surface area contributed by atoms with Crippen molar-refractivity contribution < 1.29 is 19.7 Å². The first-order valence-electron chi connectivity index (χ1n) is 7.38. The van der Waals surface area contributed by atoms with Gasteiger partial charge in [0.05, 0.1) is 30.0 Å². The number of thiazole rings is 1. The molecule has 1 aliphatic heterocycles. The lowest BCUT2D eigenvalue weighted by Crippen LogP contribution is -2.40. The molecule has 124 valence electrons. The number of hydrogen-bond donors (Lipinski definition) is 3. The quantitative estimate of drug-likeness (QED) is 0.786. The summed E-state index contributed by atoms with van der Waals surface area (Å²) in [5.41, 5.74) is 0.791. The first-order chi connectivity index (χ1) is 11.1. The van der Waals surface area contributed by atoms with Gasteiger partial charge in [0.1, 0.15) is 5.75 Å². The fourth-order valence-corrected chi connectivity index (χ4v) is 3.70. The Morgan fingerprint density at radius 1 is 1.48 bits per heavy atom. The second-order valence-electron chi connectivity index (χ2n) is 5.56. The molecule has 1 aliphatic rings. The standard InChI is InChI=1S/C15H19N3O4S/c1-22-11-2-3-12-13(5-11)23-14(16-12)17-15(21)18-6-9(7-19)4-10(18)8-20/h2-3,5,9-10,19-20H,4,6-8H2,1H3,(H,16,17,21). The topological polar surface area (TPSA) is 94.9 Å². The monoisotopic (exact) mass is 337 g/mol. The van der Waals surface area contributed by atoms with Crippen LogP contribution in [0.1, 0.15) is 6.42 Å². The number of ether oxygens (including phenoxy) is 1. The van der Waals surface area contributed by atoms with Crippen molar-refractivity contribution in [2.24, 2.45) is 5.92 Å². The zero-order valence-corrected chi connectivity index (χ0v) is 13.5. The minimum Gasteiger partial charge on any atom is -0.497 e. The summed E-state index contributed by atoms with van der Waals surface area (Å²) in [7, 11) is 1.60. The maximum atomic E-state index is 12.4. The summed E-state index contributed by atoms with van der Waals surface area (Å²) in [6, 6.07) is 4.97. The van der Waals surface area contributed by atoms with E-state index in [0.29, 0.717) is 18.1 Å². The molecule has 3 N–H and O–H groups in total. The Morgan fingerprint density at radius 2 is 2.30 bits per heavy atom. The van der Waals surface area contributed by atoms with Crippen LogP contribution in [-0.4, -0.2) is 59.0 Å². The van der Waals surface area contributed by atoms with Crippen LogP contribution in [0, 0.1) is 5.92 Å². The number of aliphatic hydroxyl groups excluding tert-OH is 2. The van der Waals surface area contributed by atoms with Crippen molar-refractivity contribution in [3.05, 3.63) is 18.2 Å². The van der Waals surface area contributed by atoms with Crippen LogP contribution in [0.3, 0.4) is 0 Å². The molecule has 1 aromatic carbocycles. The fourth-order valence-electron chi connectivity index (χ4n) is 2.82. The molecule has 23 heavy (non-hydrogen) atoms. The zero-order chi connectivity index (χ0) is 16.4. The van der Waals surface area contributed by atoms with E-state index in [2.05, 4.69) is 10.3 Å². The van der Waals surface area contributed by atoms with Gasteiger partial charge in [-0.25, -0.2) is 9.78 Å². The molecule has 1 fully saturated rings. The molecule has 2 atom stereocenters. The van der Waals surface area contributed by atoms with E-state index in [0.717, 1.165) is 16.0 Å².